The largest absolute Gasteiger partial charge is 0.459 e. The molecule has 4 rings (SSSR count). The lowest BCUT2D eigenvalue weighted by Crippen LogP contribution is -2.31. The SMILES string of the molecule is O=C(NC(c1nn[nH]n1)C1CC1)c1occ2c1CCC2. The molecule has 1 atom stereocenters. The van der Waals surface area contributed by atoms with Gasteiger partial charge in [-0.1, -0.05) is 5.21 Å². The molecule has 0 aliphatic heterocycles. The third-order valence-electron chi connectivity index (χ3n) is 4.08. The summed E-state index contributed by atoms with van der Waals surface area (Å²) in [6.45, 7) is 0. The number of carbonyl (C=O) groups excluding carboxylic acids is 1. The maximum absolute atomic E-state index is 12.4. The fourth-order valence-corrected chi connectivity index (χ4v) is 2.88. The molecule has 1 amide bonds. The van der Waals surface area contributed by atoms with Gasteiger partial charge >= 0.3 is 0 Å². The molecule has 2 aromatic rings. The monoisotopic (exact) mass is 273 g/mol. The van der Waals surface area contributed by atoms with E-state index in [-0.39, 0.29) is 11.9 Å². The van der Waals surface area contributed by atoms with Crippen LogP contribution >= 0.6 is 0 Å². The Kier molecular flexibility index (Phi) is 2.58. The van der Waals surface area contributed by atoms with Crippen molar-refractivity contribution >= 4 is 5.91 Å². The van der Waals surface area contributed by atoms with Crippen LogP contribution in [0.15, 0.2) is 10.7 Å². The van der Waals surface area contributed by atoms with E-state index in [1.54, 1.807) is 6.26 Å². The van der Waals surface area contributed by atoms with Gasteiger partial charge in [-0.25, -0.2) is 0 Å². The molecule has 20 heavy (non-hydrogen) atoms. The van der Waals surface area contributed by atoms with Crippen molar-refractivity contribution in [3.05, 3.63) is 29.0 Å². The van der Waals surface area contributed by atoms with E-state index in [1.807, 2.05) is 0 Å². The molecule has 7 nitrogen and oxygen atoms in total. The standard InChI is InChI=1S/C13H15N5O2/c19-13(11-9-3-1-2-8(9)6-20-11)14-10(7-4-5-7)12-15-17-18-16-12/h6-7,10H,1-5H2,(H,14,19)(H,15,16,17,18). The van der Waals surface area contributed by atoms with Crippen molar-refractivity contribution in [1.82, 2.24) is 25.9 Å². The molecule has 104 valence electrons. The Balaban J connectivity index is 1.56. The molecule has 2 aliphatic carbocycles. The van der Waals surface area contributed by atoms with E-state index in [0.717, 1.165) is 43.2 Å². The number of H-pyrrole nitrogens is 1. The van der Waals surface area contributed by atoms with E-state index in [1.165, 1.54) is 0 Å². The third-order valence-corrected chi connectivity index (χ3v) is 4.08. The smallest absolute Gasteiger partial charge is 0.287 e. The summed E-state index contributed by atoms with van der Waals surface area (Å²) in [6, 6.07) is -0.177. The predicted octanol–water partition coefficient (Wildman–Crippen LogP) is 1.16. The number of tetrazole rings is 1. The minimum atomic E-state index is -0.177. The Bertz CT molecular complexity index is 629. The van der Waals surface area contributed by atoms with Gasteiger partial charge in [0, 0.05) is 5.56 Å². The Morgan fingerprint density at radius 3 is 3.10 bits per heavy atom. The van der Waals surface area contributed by atoms with Crippen LogP contribution < -0.4 is 5.32 Å². The zero-order valence-electron chi connectivity index (χ0n) is 10.9. The molecule has 2 aliphatic rings. The van der Waals surface area contributed by atoms with Crippen molar-refractivity contribution in [2.75, 3.05) is 0 Å². The molecule has 0 bridgehead atoms. The number of nitrogens with one attached hydrogen (secondary N) is 2. The van der Waals surface area contributed by atoms with Crippen LogP contribution in [0.25, 0.3) is 0 Å². The fraction of sp³-hybridized carbons (Fsp3) is 0.538. The first-order valence-corrected chi connectivity index (χ1v) is 6.96. The molecule has 1 saturated carbocycles. The van der Waals surface area contributed by atoms with Gasteiger partial charge < -0.3 is 9.73 Å². The first kappa shape index (κ1) is 11.6. The quantitative estimate of drug-likeness (QED) is 0.871. The Labute approximate surface area is 115 Å². The van der Waals surface area contributed by atoms with Gasteiger partial charge in [0.25, 0.3) is 5.91 Å². The molecule has 2 heterocycles. The van der Waals surface area contributed by atoms with Crippen LogP contribution in [0.5, 0.6) is 0 Å². The van der Waals surface area contributed by atoms with Gasteiger partial charge in [0.1, 0.15) is 0 Å². The van der Waals surface area contributed by atoms with Crippen LogP contribution in [0.2, 0.25) is 0 Å². The molecule has 0 aromatic carbocycles. The summed E-state index contributed by atoms with van der Waals surface area (Å²) < 4.78 is 5.44. The number of nitrogens with zero attached hydrogens (tertiary/aromatic N) is 3. The van der Waals surface area contributed by atoms with Crippen molar-refractivity contribution in [1.29, 1.82) is 0 Å². The number of rotatable bonds is 4. The molecule has 1 fully saturated rings. The average molecular weight is 273 g/mol. The second-order valence-corrected chi connectivity index (χ2v) is 5.48. The summed E-state index contributed by atoms with van der Waals surface area (Å²) in [5.74, 6) is 1.23. The first-order chi connectivity index (χ1) is 9.83. The highest BCUT2D eigenvalue weighted by molar-refractivity contribution is 5.93. The molecule has 0 radical (unpaired) electrons. The number of carbonyl (C=O) groups is 1. The predicted molar refractivity (Wildman–Crippen MR) is 67.8 cm³/mol. The highest BCUT2D eigenvalue weighted by Gasteiger charge is 2.37. The van der Waals surface area contributed by atoms with Crippen LogP contribution in [0.3, 0.4) is 0 Å². The van der Waals surface area contributed by atoms with Gasteiger partial charge in [0.15, 0.2) is 11.6 Å². The van der Waals surface area contributed by atoms with Crippen molar-refractivity contribution in [3.8, 4) is 0 Å². The van der Waals surface area contributed by atoms with Crippen LogP contribution in [0.4, 0.5) is 0 Å². The average Bonchev–Trinajstić information content (AvgIpc) is 2.87. The van der Waals surface area contributed by atoms with E-state index >= 15 is 0 Å². The van der Waals surface area contributed by atoms with E-state index in [0.29, 0.717) is 17.5 Å². The molecule has 2 N–H and O–H groups in total. The van der Waals surface area contributed by atoms with Crippen molar-refractivity contribution in [2.45, 2.75) is 38.1 Å². The summed E-state index contributed by atoms with van der Waals surface area (Å²) in [5, 5.41) is 17.0. The molecule has 7 heteroatoms. The second kappa shape index (κ2) is 4.43. The number of hydrogen-bond donors (Lipinski definition) is 2. The van der Waals surface area contributed by atoms with Crippen LogP contribution in [0.1, 0.15) is 52.8 Å². The summed E-state index contributed by atoms with van der Waals surface area (Å²) in [6.07, 6.45) is 6.88. The normalized spacial score (nSPS) is 18.8. The molecule has 1 unspecified atom stereocenters. The minimum Gasteiger partial charge on any atom is -0.459 e. The van der Waals surface area contributed by atoms with Gasteiger partial charge in [0.05, 0.1) is 12.3 Å². The minimum absolute atomic E-state index is 0.171. The van der Waals surface area contributed by atoms with E-state index < -0.39 is 0 Å². The molecule has 0 saturated heterocycles. The number of aryl methyl sites for hydroxylation is 1. The van der Waals surface area contributed by atoms with Crippen LogP contribution in [0, 0.1) is 5.92 Å². The molecular formula is C13H15N5O2. The van der Waals surface area contributed by atoms with Gasteiger partial charge in [0.2, 0.25) is 0 Å². The van der Waals surface area contributed by atoms with Gasteiger partial charge in [-0.05, 0) is 43.6 Å². The van der Waals surface area contributed by atoms with Crippen molar-refractivity contribution < 1.29 is 9.21 Å². The van der Waals surface area contributed by atoms with Gasteiger partial charge in [-0.15, -0.1) is 10.2 Å². The number of fused-ring (bicyclic) bond motifs is 1. The van der Waals surface area contributed by atoms with Gasteiger partial charge in [-0.3, -0.25) is 4.79 Å². The summed E-state index contributed by atoms with van der Waals surface area (Å²) in [4.78, 5) is 12.4. The maximum Gasteiger partial charge on any atom is 0.287 e. The number of furan rings is 1. The molecule has 2 aromatic heterocycles. The summed E-state index contributed by atoms with van der Waals surface area (Å²) in [7, 11) is 0. The lowest BCUT2D eigenvalue weighted by Gasteiger charge is -2.13. The number of amides is 1. The Morgan fingerprint density at radius 1 is 1.45 bits per heavy atom. The van der Waals surface area contributed by atoms with E-state index in [4.69, 9.17) is 4.42 Å². The fourth-order valence-electron chi connectivity index (χ4n) is 2.88. The topological polar surface area (TPSA) is 96.7 Å². The van der Waals surface area contributed by atoms with Crippen molar-refractivity contribution in [2.24, 2.45) is 5.92 Å². The van der Waals surface area contributed by atoms with E-state index in [9.17, 15) is 4.79 Å². The maximum atomic E-state index is 12.4. The second-order valence-electron chi connectivity index (χ2n) is 5.48. The zero-order valence-corrected chi connectivity index (χ0v) is 10.9. The Morgan fingerprint density at radius 2 is 2.35 bits per heavy atom. The lowest BCUT2D eigenvalue weighted by molar-refractivity contribution is 0.0900. The summed E-state index contributed by atoms with van der Waals surface area (Å²) >= 11 is 0. The molecule has 0 spiro atoms. The molecular weight excluding hydrogens is 258 g/mol. The third kappa shape index (κ3) is 1.90. The lowest BCUT2D eigenvalue weighted by atomic mass is 10.1. The highest BCUT2D eigenvalue weighted by atomic mass is 16.3. The highest BCUT2D eigenvalue weighted by Crippen LogP contribution is 2.40. The van der Waals surface area contributed by atoms with Crippen LogP contribution in [-0.2, 0) is 12.8 Å². The Hall–Kier alpha value is -2.18. The number of hydrogen-bond acceptors (Lipinski definition) is 5. The number of aromatic nitrogens is 4. The summed E-state index contributed by atoms with van der Waals surface area (Å²) in [5.41, 5.74) is 2.22. The first-order valence-electron chi connectivity index (χ1n) is 6.96. The van der Waals surface area contributed by atoms with Gasteiger partial charge in [-0.2, -0.15) is 5.21 Å². The zero-order chi connectivity index (χ0) is 13.5. The van der Waals surface area contributed by atoms with Crippen molar-refractivity contribution in [3.63, 3.8) is 0 Å². The number of aromatic amines is 1. The van der Waals surface area contributed by atoms with E-state index in [2.05, 4.69) is 25.9 Å². The van der Waals surface area contributed by atoms with Crippen LogP contribution in [-0.4, -0.2) is 26.5 Å².